The summed E-state index contributed by atoms with van der Waals surface area (Å²) in [6.45, 7) is 1.54. The Kier molecular flexibility index (Phi) is 6.94. The van der Waals surface area contributed by atoms with Gasteiger partial charge in [0.25, 0.3) is 0 Å². The smallest absolute Gasteiger partial charge is 0.244 e. The minimum atomic E-state index is -3.74. The van der Waals surface area contributed by atoms with Gasteiger partial charge in [-0.15, -0.1) is 10.2 Å². The Hall–Kier alpha value is -2.59. The highest BCUT2D eigenvalue weighted by molar-refractivity contribution is 7.89. The van der Waals surface area contributed by atoms with Crippen molar-refractivity contribution < 1.29 is 17.9 Å². The predicted molar refractivity (Wildman–Crippen MR) is 128 cm³/mol. The monoisotopic (exact) mass is 508 g/mol. The number of halogens is 2. The van der Waals surface area contributed by atoms with Crippen molar-refractivity contribution in [1.29, 1.82) is 0 Å². The molecule has 2 heterocycles. The maximum Gasteiger partial charge on any atom is 0.244 e. The van der Waals surface area contributed by atoms with Crippen molar-refractivity contribution in [2.24, 2.45) is 0 Å². The van der Waals surface area contributed by atoms with Crippen molar-refractivity contribution in [3.8, 4) is 22.8 Å². The van der Waals surface area contributed by atoms with Gasteiger partial charge in [0.05, 0.1) is 24.9 Å². The van der Waals surface area contributed by atoms with Gasteiger partial charge in [-0.25, -0.2) is 8.42 Å². The molecule has 0 N–H and O–H groups in total. The SMILES string of the molecule is COc1ccc(-c2ccc(N3CCN(S(=O)(=O)c4cc(Cl)ccc4Cl)CC3)nn2)cc1OC. The Labute approximate surface area is 202 Å². The first-order chi connectivity index (χ1) is 15.8. The van der Waals surface area contributed by atoms with Gasteiger partial charge in [-0.1, -0.05) is 23.2 Å². The summed E-state index contributed by atoms with van der Waals surface area (Å²) in [5.74, 6) is 1.92. The van der Waals surface area contributed by atoms with Gasteiger partial charge in [0, 0.05) is 36.8 Å². The van der Waals surface area contributed by atoms with E-state index < -0.39 is 10.0 Å². The van der Waals surface area contributed by atoms with Gasteiger partial charge in [-0.3, -0.25) is 0 Å². The van der Waals surface area contributed by atoms with Gasteiger partial charge in [0.15, 0.2) is 17.3 Å². The van der Waals surface area contributed by atoms with E-state index in [9.17, 15) is 8.42 Å². The second-order valence-corrected chi connectivity index (χ2v) is 10.1. The maximum absolute atomic E-state index is 13.0. The molecular formula is C22H22Cl2N4O4S. The van der Waals surface area contributed by atoms with Crippen LogP contribution in [0.5, 0.6) is 11.5 Å². The van der Waals surface area contributed by atoms with Crippen LogP contribution in [-0.2, 0) is 10.0 Å². The van der Waals surface area contributed by atoms with E-state index in [0.717, 1.165) is 5.56 Å². The van der Waals surface area contributed by atoms with Gasteiger partial charge >= 0.3 is 0 Å². The van der Waals surface area contributed by atoms with E-state index in [1.54, 1.807) is 20.3 Å². The first-order valence-corrected chi connectivity index (χ1v) is 12.3. The molecule has 8 nitrogen and oxygen atoms in total. The fraction of sp³-hybridized carbons (Fsp3) is 0.273. The number of hydrogen-bond donors (Lipinski definition) is 0. The predicted octanol–water partition coefficient (Wildman–Crippen LogP) is 3.98. The summed E-state index contributed by atoms with van der Waals surface area (Å²) in [6.07, 6.45) is 0. The van der Waals surface area contributed by atoms with Gasteiger partial charge in [-0.05, 0) is 48.5 Å². The molecule has 1 aliphatic rings. The van der Waals surface area contributed by atoms with Crippen molar-refractivity contribution in [3.63, 3.8) is 0 Å². The lowest BCUT2D eigenvalue weighted by molar-refractivity contribution is 0.355. The van der Waals surface area contributed by atoms with E-state index in [0.29, 0.717) is 54.2 Å². The summed E-state index contributed by atoms with van der Waals surface area (Å²) in [5.41, 5.74) is 1.54. The van der Waals surface area contributed by atoms with Crippen LogP contribution in [0.4, 0.5) is 5.82 Å². The molecule has 0 atom stereocenters. The molecule has 0 bridgehead atoms. The van der Waals surface area contributed by atoms with Crippen molar-refractivity contribution >= 4 is 39.0 Å². The molecule has 0 amide bonds. The molecule has 1 aliphatic heterocycles. The third kappa shape index (κ3) is 4.86. The third-order valence-electron chi connectivity index (χ3n) is 5.40. The van der Waals surface area contributed by atoms with Crippen molar-refractivity contribution in [2.45, 2.75) is 4.90 Å². The molecule has 11 heteroatoms. The number of ether oxygens (including phenoxy) is 2. The normalized spacial score (nSPS) is 14.8. The molecule has 33 heavy (non-hydrogen) atoms. The minimum absolute atomic E-state index is 0.0178. The number of anilines is 1. The summed E-state index contributed by atoms with van der Waals surface area (Å²) < 4.78 is 38.1. The molecule has 1 aromatic heterocycles. The number of piperazine rings is 1. The lowest BCUT2D eigenvalue weighted by Gasteiger charge is -2.34. The largest absolute Gasteiger partial charge is 0.493 e. The van der Waals surface area contributed by atoms with E-state index in [2.05, 4.69) is 10.2 Å². The Balaban J connectivity index is 1.46. The van der Waals surface area contributed by atoms with Crippen molar-refractivity contribution in [2.75, 3.05) is 45.3 Å². The van der Waals surface area contributed by atoms with Crippen LogP contribution >= 0.6 is 23.2 Å². The molecule has 0 radical (unpaired) electrons. The lowest BCUT2D eigenvalue weighted by atomic mass is 10.1. The number of benzene rings is 2. The molecule has 0 aliphatic carbocycles. The molecule has 2 aromatic carbocycles. The zero-order valence-corrected chi connectivity index (χ0v) is 20.4. The summed E-state index contributed by atoms with van der Waals surface area (Å²) in [5, 5.41) is 9.16. The second-order valence-electron chi connectivity index (χ2n) is 7.31. The van der Waals surface area contributed by atoms with Crippen LogP contribution in [0.25, 0.3) is 11.3 Å². The number of methoxy groups -OCH3 is 2. The first kappa shape index (κ1) is 23.6. The number of aromatic nitrogens is 2. The zero-order valence-electron chi connectivity index (χ0n) is 18.0. The minimum Gasteiger partial charge on any atom is -0.493 e. The molecule has 174 valence electrons. The highest BCUT2D eigenvalue weighted by Gasteiger charge is 2.30. The Morgan fingerprint density at radius 1 is 0.848 bits per heavy atom. The molecule has 4 rings (SSSR count). The number of rotatable bonds is 6. The van der Waals surface area contributed by atoms with Crippen molar-refractivity contribution in [1.82, 2.24) is 14.5 Å². The maximum atomic E-state index is 13.0. The van der Waals surface area contributed by atoms with E-state index in [4.69, 9.17) is 32.7 Å². The average molecular weight is 509 g/mol. The third-order valence-corrected chi connectivity index (χ3v) is 8.02. The highest BCUT2D eigenvalue weighted by Crippen LogP contribution is 2.32. The van der Waals surface area contributed by atoms with Crippen LogP contribution in [0.2, 0.25) is 10.0 Å². The molecule has 1 fully saturated rings. The highest BCUT2D eigenvalue weighted by atomic mass is 35.5. The average Bonchev–Trinajstić information content (AvgIpc) is 2.85. The quantitative estimate of drug-likeness (QED) is 0.497. The molecule has 0 saturated carbocycles. The summed E-state index contributed by atoms with van der Waals surface area (Å²) >= 11 is 12.1. The summed E-state index contributed by atoms with van der Waals surface area (Å²) in [6, 6.07) is 13.7. The molecule has 0 spiro atoms. The Morgan fingerprint density at radius 3 is 2.21 bits per heavy atom. The first-order valence-electron chi connectivity index (χ1n) is 10.1. The van der Waals surface area contributed by atoms with Crippen LogP contribution in [0.3, 0.4) is 0 Å². The fourth-order valence-electron chi connectivity index (χ4n) is 3.61. The Bertz CT molecular complexity index is 1250. The van der Waals surface area contributed by atoms with E-state index >= 15 is 0 Å². The second kappa shape index (κ2) is 9.72. The van der Waals surface area contributed by atoms with E-state index in [-0.39, 0.29) is 9.92 Å². The van der Waals surface area contributed by atoms with Gasteiger partial charge < -0.3 is 14.4 Å². The standard InChI is InChI=1S/C22H22Cl2N4O4S/c1-31-19-7-3-15(13-20(19)32-2)18-6-8-22(26-25-18)27-9-11-28(12-10-27)33(29,30)21-14-16(23)4-5-17(21)24/h3-8,13-14H,9-12H2,1-2H3. The topological polar surface area (TPSA) is 84.9 Å². The van der Waals surface area contributed by atoms with Gasteiger partial charge in [-0.2, -0.15) is 4.31 Å². The molecular weight excluding hydrogens is 487 g/mol. The van der Waals surface area contributed by atoms with E-state index in [1.165, 1.54) is 16.4 Å². The number of nitrogens with zero attached hydrogens (tertiary/aromatic N) is 4. The number of sulfonamides is 1. The van der Waals surface area contributed by atoms with Crippen LogP contribution in [0, 0.1) is 0 Å². The zero-order chi connectivity index (χ0) is 23.6. The van der Waals surface area contributed by atoms with Crippen LogP contribution in [-0.4, -0.2) is 63.3 Å². The summed E-state index contributed by atoms with van der Waals surface area (Å²) in [4.78, 5) is 2.01. The lowest BCUT2D eigenvalue weighted by Crippen LogP contribution is -2.49. The van der Waals surface area contributed by atoms with Crippen molar-refractivity contribution in [3.05, 3.63) is 58.6 Å². The molecule has 3 aromatic rings. The van der Waals surface area contributed by atoms with Crippen LogP contribution < -0.4 is 14.4 Å². The molecule has 0 unspecified atom stereocenters. The van der Waals surface area contributed by atoms with E-state index in [1.807, 2.05) is 35.2 Å². The van der Waals surface area contributed by atoms with Gasteiger partial charge in [0.1, 0.15) is 4.90 Å². The number of hydrogen-bond acceptors (Lipinski definition) is 7. The molecule has 1 saturated heterocycles. The van der Waals surface area contributed by atoms with Gasteiger partial charge in [0.2, 0.25) is 10.0 Å². The Morgan fingerprint density at radius 2 is 1.58 bits per heavy atom. The fourth-order valence-corrected chi connectivity index (χ4v) is 5.77. The summed E-state index contributed by atoms with van der Waals surface area (Å²) in [7, 11) is -0.580. The van der Waals surface area contributed by atoms with Crippen LogP contribution in [0.15, 0.2) is 53.4 Å². The van der Waals surface area contributed by atoms with Crippen LogP contribution in [0.1, 0.15) is 0 Å².